The zero-order valence-electron chi connectivity index (χ0n) is 37.1. The molecule has 59 heavy (non-hydrogen) atoms. The van der Waals surface area contributed by atoms with Crippen LogP contribution in [0.25, 0.3) is 0 Å². The highest BCUT2D eigenvalue weighted by Crippen LogP contribution is 2.38. The van der Waals surface area contributed by atoms with Crippen molar-refractivity contribution in [3.05, 3.63) is 97.2 Å². The lowest BCUT2D eigenvalue weighted by Gasteiger charge is -2.28. The molecule has 1 rings (SSSR count). The van der Waals surface area contributed by atoms with Crippen molar-refractivity contribution in [2.75, 3.05) is 47.5 Å². The second-order valence-corrected chi connectivity index (χ2v) is 17.1. The van der Waals surface area contributed by atoms with E-state index >= 15 is 0 Å². The molecule has 0 aromatic heterocycles. The molecular weight excluding hydrogens is 766 g/mol. The largest absolute Gasteiger partial charge is 0.756 e. The number of rotatable bonds is 37. The van der Waals surface area contributed by atoms with E-state index in [1.54, 1.807) is 0 Å². The molecule has 11 heteroatoms. The molecule has 0 saturated carbocycles. The van der Waals surface area contributed by atoms with E-state index in [0.29, 0.717) is 48.9 Å². The van der Waals surface area contributed by atoms with Crippen LogP contribution in [0.3, 0.4) is 0 Å². The number of hydrogen-bond acceptors (Lipinski definition) is 9. The Morgan fingerprint density at radius 1 is 0.644 bits per heavy atom. The van der Waals surface area contributed by atoms with Gasteiger partial charge < -0.3 is 32.6 Å². The van der Waals surface area contributed by atoms with Crippen molar-refractivity contribution in [3.8, 4) is 0 Å². The van der Waals surface area contributed by atoms with E-state index in [0.717, 1.165) is 51.4 Å². The molecule has 1 aliphatic heterocycles. The van der Waals surface area contributed by atoms with E-state index in [2.05, 4.69) is 98.9 Å². The van der Waals surface area contributed by atoms with Crippen LogP contribution in [-0.2, 0) is 37.4 Å². The maximum atomic E-state index is 12.7. The van der Waals surface area contributed by atoms with Crippen molar-refractivity contribution in [3.63, 3.8) is 0 Å². The van der Waals surface area contributed by atoms with Crippen LogP contribution in [-0.4, -0.2) is 82.2 Å². The molecule has 1 fully saturated rings. The zero-order valence-corrected chi connectivity index (χ0v) is 38.0. The van der Waals surface area contributed by atoms with Crippen LogP contribution in [0.15, 0.2) is 97.2 Å². The van der Waals surface area contributed by atoms with Gasteiger partial charge in [-0.05, 0) is 83.5 Å². The van der Waals surface area contributed by atoms with Gasteiger partial charge in [-0.15, -0.1) is 0 Å². The monoisotopic (exact) mass is 844 g/mol. The fourth-order valence-electron chi connectivity index (χ4n) is 5.48. The standard InChI is InChI=1S/C48H78NO9P/c1-6-8-10-11-12-13-14-15-16-17-18-19-20-25-28-31-35-39-48(51)57-44(43-56-59(52,53)55-41-40-49(3,4)5)42-54-47(50)38-34-30-27-24-22-21-23-26-29-33-37-46-45(58-46)36-32-9-7-2/h8,10,12-13,15-16,18-19,21,23-25,27-29,33,44-46H,6-7,9,11,14,17,20,22,26,30-32,34-43H2,1-5H3/b10-8-,13-12-,16-15-,19-18-,23-21-,27-24-,28-25-,33-29-/t44-,45?,46?/m1/s1. The van der Waals surface area contributed by atoms with Gasteiger partial charge in [-0.3, -0.25) is 14.2 Å². The number of epoxide rings is 1. The molecule has 1 aliphatic rings. The Balaban J connectivity index is 2.37. The number of phosphoric ester groups is 1. The maximum absolute atomic E-state index is 12.7. The normalized spacial score (nSPS) is 17.9. The number of allylic oxidation sites excluding steroid dienone is 15. The van der Waals surface area contributed by atoms with Gasteiger partial charge in [0, 0.05) is 12.8 Å². The van der Waals surface area contributed by atoms with Gasteiger partial charge in [0.1, 0.15) is 19.8 Å². The lowest BCUT2D eigenvalue weighted by molar-refractivity contribution is -0.870. The van der Waals surface area contributed by atoms with Gasteiger partial charge >= 0.3 is 11.9 Å². The quantitative estimate of drug-likeness (QED) is 0.0150. The van der Waals surface area contributed by atoms with Gasteiger partial charge in [-0.1, -0.05) is 130 Å². The molecule has 0 aliphatic carbocycles. The summed E-state index contributed by atoms with van der Waals surface area (Å²) in [6.45, 7) is 3.91. The first-order valence-electron chi connectivity index (χ1n) is 22.1. The molecule has 0 bridgehead atoms. The van der Waals surface area contributed by atoms with Gasteiger partial charge in [-0.25, -0.2) is 0 Å². The molecule has 1 saturated heterocycles. The van der Waals surface area contributed by atoms with E-state index in [9.17, 15) is 19.0 Å². The second kappa shape index (κ2) is 35.6. The molecule has 0 aromatic rings. The summed E-state index contributed by atoms with van der Waals surface area (Å²) in [7, 11) is 1.07. The van der Waals surface area contributed by atoms with Crippen molar-refractivity contribution in [1.29, 1.82) is 0 Å². The Bertz CT molecular complexity index is 1390. The van der Waals surface area contributed by atoms with Crippen LogP contribution in [0.2, 0.25) is 0 Å². The number of carbonyl (C=O) groups excluding carboxylic acids is 2. The zero-order chi connectivity index (χ0) is 43.3. The number of hydrogen-bond donors (Lipinski definition) is 0. The molecule has 0 aromatic carbocycles. The molecule has 10 nitrogen and oxygen atoms in total. The first kappa shape index (κ1) is 53.9. The molecule has 4 atom stereocenters. The third kappa shape index (κ3) is 36.5. The minimum atomic E-state index is -4.66. The number of carbonyl (C=O) groups is 2. The van der Waals surface area contributed by atoms with Crippen molar-refractivity contribution < 1.29 is 46.8 Å². The summed E-state index contributed by atoms with van der Waals surface area (Å²) in [4.78, 5) is 37.5. The van der Waals surface area contributed by atoms with Gasteiger partial charge in [-0.2, -0.15) is 0 Å². The average Bonchev–Trinajstić information content (AvgIpc) is 3.94. The number of esters is 2. The van der Waals surface area contributed by atoms with Crippen molar-refractivity contribution >= 4 is 19.8 Å². The fourth-order valence-corrected chi connectivity index (χ4v) is 6.21. The first-order valence-corrected chi connectivity index (χ1v) is 23.5. The molecular formula is C48H78NO9P. The predicted octanol–water partition coefficient (Wildman–Crippen LogP) is 10.9. The summed E-state index contributed by atoms with van der Waals surface area (Å²) >= 11 is 0. The third-order valence-electron chi connectivity index (χ3n) is 9.01. The van der Waals surface area contributed by atoms with Crippen molar-refractivity contribution in [1.82, 2.24) is 0 Å². The number of nitrogens with zero attached hydrogens (tertiary/aromatic N) is 1. The summed E-state index contributed by atoms with van der Waals surface area (Å²) in [5.41, 5.74) is 0. The van der Waals surface area contributed by atoms with Crippen molar-refractivity contribution in [2.24, 2.45) is 0 Å². The van der Waals surface area contributed by atoms with Crippen LogP contribution < -0.4 is 4.89 Å². The molecule has 0 spiro atoms. The molecule has 334 valence electrons. The lowest BCUT2D eigenvalue weighted by atomic mass is 10.1. The molecule has 0 N–H and O–H groups in total. The highest BCUT2D eigenvalue weighted by Gasteiger charge is 2.36. The van der Waals surface area contributed by atoms with E-state index in [4.69, 9.17) is 23.3 Å². The summed E-state index contributed by atoms with van der Waals surface area (Å²) < 4.78 is 39.5. The SMILES string of the molecule is CC/C=C\C/C=C\C/C=C\C/C=C\C/C=C\CCCC(=O)O[C@H](COC(=O)CCC/C=C\C/C=C\C/C=C\CC1OC1CCCCC)COP(=O)([O-])OCC[N+](C)(C)C. The van der Waals surface area contributed by atoms with Crippen LogP contribution >= 0.6 is 7.82 Å². The lowest BCUT2D eigenvalue weighted by Crippen LogP contribution is -2.37. The molecule has 1 heterocycles. The summed E-state index contributed by atoms with van der Waals surface area (Å²) in [5, 5.41) is 0. The van der Waals surface area contributed by atoms with Gasteiger partial charge in [0.25, 0.3) is 7.82 Å². The summed E-state index contributed by atoms with van der Waals surface area (Å²) in [6, 6.07) is 0. The number of phosphoric acid groups is 1. The molecule has 0 radical (unpaired) electrons. The number of ether oxygens (including phenoxy) is 3. The van der Waals surface area contributed by atoms with Crippen LogP contribution in [0.1, 0.15) is 129 Å². The predicted molar refractivity (Wildman–Crippen MR) is 239 cm³/mol. The minimum Gasteiger partial charge on any atom is -0.756 e. The smallest absolute Gasteiger partial charge is 0.306 e. The molecule has 3 unspecified atom stereocenters. The number of likely N-dealkylation sites (N-methyl/N-ethyl adjacent to an activating group) is 1. The third-order valence-corrected chi connectivity index (χ3v) is 9.98. The summed E-state index contributed by atoms with van der Waals surface area (Å²) in [5.74, 6) is -0.985. The van der Waals surface area contributed by atoms with E-state index in [1.165, 1.54) is 25.7 Å². The Hall–Kier alpha value is -3.11. The summed E-state index contributed by atoms with van der Waals surface area (Å²) in [6.07, 6.45) is 49.1. The first-order chi connectivity index (χ1) is 28.5. The number of unbranched alkanes of at least 4 members (excludes halogenated alkanes) is 4. The average molecular weight is 844 g/mol. The Labute approximate surface area is 358 Å². The topological polar surface area (TPSA) is 124 Å². The van der Waals surface area contributed by atoms with E-state index in [-0.39, 0.29) is 26.1 Å². The van der Waals surface area contributed by atoms with E-state index in [1.807, 2.05) is 33.3 Å². The van der Waals surface area contributed by atoms with Crippen LogP contribution in [0.5, 0.6) is 0 Å². The van der Waals surface area contributed by atoms with Gasteiger partial charge in [0.15, 0.2) is 6.10 Å². The Morgan fingerprint density at radius 2 is 1.15 bits per heavy atom. The van der Waals surface area contributed by atoms with Crippen molar-refractivity contribution in [2.45, 2.75) is 148 Å². The maximum Gasteiger partial charge on any atom is 0.306 e. The highest BCUT2D eigenvalue weighted by molar-refractivity contribution is 7.45. The Morgan fingerprint density at radius 3 is 1.68 bits per heavy atom. The van der Waals surface area contributed by atoms with Gasteiger partial charge in [0.05, 0.1) is 40.0 Å². The minimum absolute atomic E-state index is 0.0577. The van der Waals surface area contributed by atoms with E-state index < -0.39 is 32.5 Å². The number of quaternary nitrogens is 1. The highest BCUT2D eigenvalue weighted by atomic mass is 31.2. The molecule has 0 amide bonds. The Kier molecular flexibility index (Phi) is 32.6. The fraction of sp³-hybridized carbons (Fsp3) is 0.625. The van der Waals surface area contributed by atoms with Crippen LogP contribution in [0.4, 0.5) is 0 Å². The van der Waals surface area contributed by atoms with Gasteiger partial charge in [0.2, 0.25) is 0 Å². The second-order valence-electron chi connectivity index (χ2n) is 15.7. The van der Waals surface area contributed by atoms with Crippen LogP contribution in [0, 0.1) is 0 Å².